The highest BCUT2D eigenvalue weighted by Gasteiger charge is 2.20. The minimum absolute atomic E-state index is 0.0938. The van der Waals surface area contributed by atoms with Crippen molar-refractivity contribution in [3.63, 3.8) is 0 Å². The van der Waals surface area contributed by atoms with Crippen LogP contribution < -0.4 is 15.4 Å². The van der Waals surface area contributed by atoms with Gasteiger partial charge in [0.25, 0.3) is 5.91 Å². The second-order valence-electron chi connectivity index (χ2n) is 7.85. The van der Waals surface area contributed by atoms with E-state index in [1.807, 2.05) is 36.4 Å². The number of amides is 1. The van der Waals surface area contributed by atoms with Crippen LogP contribution in [0.4, 0.5) is 5.69 Å². The summed E-state index contributed by atoms with van der Waals surface area (Å²) in [6.45, 7) is 3.94. The molecule has 1 heterocycles. The fourth-order valence-corrected chi connectivity index (χ4v) is 4.17. The summed E-state index contributed by atoms with van der Waals surface area (Å²) in [5, 5.41) is 16.9. The van der Waals surface area contributed by atoms with Gasteiger partial charge in [-0.2, -0.15) is 5.26 Å². The van der Waals surface area contributed by atoms with E-state index in [0.717, 1.165) is 16.3 Å². The van der Waals surface area contributed by atoms with Crippen LogP contribution in [0.15, 0.2) is 66.9 Å². The van der Waals surface area contributed by atoms with Gasteiger partial charge in [-0.3, -0.25) is 9.78 Å². The molecular weight excluding hydrogens is 452 g/mol. The number of sulfone groups is 1. The van der Waals surface area contributed by atoms with Gasteiger partial charge in [0.1, 0.15) is 21.3 Å². The van der Waals surface area contributed by atoms with Crippen molar-refractivity contribution in [3.8, 4) is 11.8 Å². The molecule has 0 spiro atoms. The topological polar surface area (TPSA) is 121 Å². The van der Waals surface area contributed by atoms with E-state index in [1.54, 1.807) is 25.3 Å². The van der Waals surface area contributed by atoms with E-state index < -0.39 is 21.8 Å². The van der Waals surface area contributed by atoms with Crippen molar-refractivity contribution in [2.75, 3.05) is 31.0 Å². The van der Waals surface area contributed by atoms with E-state index in [4.69, 9.17) is 10.00 Å². The van der Waals surface area contributed by atoms with Gasteiger partial charge < -0.3 is 15.4 Å². The number of nitrogens with zero attached hydrogens (tertiary/aromatic N) is 2. The van der Waals surface area contributed by atoms with Crippen LogP contribution in [0.25, 0.3) is 10.8 Å². The Balaban J connectivity index is 2.03. The molecular formula is C25H26N4O4S. The molecule has 3 rings (SSSR count). The lowest BCUT2D eigenvalue weighted by Gasteiger charge is -2.21. The van der Waals surface area contributed by atoms with Crippen LogP contribution in [-0.2, 0) is 9.84 Å². The van der Waals surface area contributed by atoms with Crippen LogP contribution in [0.1, 0.15) is 28.5 Å². The van der Waals surface area contributed by atoms with E-state index >= 15 is 0 Å². The van der Waals surface area contributed by atoms with E-state index in [9.17, 15) is 13.2 Å². The molecule has 1 unspecified atom stereocenters. The Morgan fingerprint density at radius 2 is 2.00 bits per heavy atom. The number of benzene rings is 2. The van der Waals surface area contributed by atoms with Gasteiger partial charge in [0.15, 0.2) is 0 Å². The zero-order chi connectivity index (χ0) is 24.7. The van der Waals surface area contributed by atoms with E-state index in [1.165, 1.54) is 12.5 Å². The predicted octanol–water partition coefficient (Wildman–Crippen LogP) is 3.64. The smallest absolute Gasteiger partial charge is 0.270 e. The number of fused-ring (bicyclic) bond motifs is 1. The second kappa shape index (κ2) is 10.8. The van der Waals surface area contributed by atoms with Gasteiger partial charge in [0.05, 0.1) is 30.7 Å². The highest BCUT2D eigenvalue weighted by atomic mass is 32.2. The SMILES string of the molecule is C=C(C#N)CNc1c(OC)ccc2ccc(C(CCS(C)(=O)=O)NC(=O)c3ccccn3)cc12. The molecule has 2 aromatic carbocycles. The molecule has 1 amide bonds. The number of carbonyl (C=O) groups excluding carboxylic acids is 1. The number of aromatic nitrogens is 1. The zero-order valence-corrected chi connectivity index (χ0v) is 19.9. The van der Waals surface area contributed by atoms with Gasteiger partial charge in [-0.15, -0.1) is 0 Å². The molecule has 1 atom stereocenters. The molecule has 9 heteroatoms. The molecule has 34 heavy (non-hydrogen) atoms. The summed E-state index contributed by atoms with van der Waals surface area (Å²) in [6.07, 6.45) is 2.89. The number of rotatable bonds is 10. The molecule has 1 aromatic heterocycles. The number of carbonyl (C=O) groups is 1. The van der Waals surface area contributed by atoms with Crippen molar-refractivity contribution < 1.29 is 17.9 Å². The maximum Gasteiger partial charge on any atom is 0.270 e. The first-order valence-corrected chi connectivity index (χ1v) is 12.6. The molecule has 0 aliphatic carbocycles. The maximum absolute atomic E-state index is 12.8. The van der Waals surface area contributed by atoms with Crippen LogP contribution >= 0.6 is 0 Å². The molecule has 0 fully saturated rings. The molecule has 0 bridgehead atoms. The lowest BCUT2D eigenvalue weighted by Crippen LogP contribution is -2.30. The molecule has 8 nitrogen and oxygen atoms in total. The fourth-order valence-electron chi connectivity index (χ4n) is 3.50. The van der Waals surface area contributed by atoms with Crippen LogP contribution in [0.5, 0.6) is 5.75 Å². The first-order chi connectivity index (χ1) is 16.2. The summed E-state index contributed by atoms with van der Waals surface area (Å²) in [4.78, 5) is 16.9. The van der Waals surface area contributed by atoms with Crippen LogP contribution in [-0.4, -0.2) is 45.0 Å². The predicted molar refractivity (Wildman–Crippen MR) is 133 cm³/mol. The Morgan fingerprint density at radius 3 is 2.65 bits per heavy atom. The van der Waals surface area contributed by atoms with Gasteiger partial charge in [-0.1, -0.05) is 30.8 Å². The Morgan fingerprint density at radius 1 is 1.24 bits per heavy atom. The molecule has 0 saturated heterocycles. The first kappa shape index (κ1) is 24.7. The fraction of sp³-hybridized carbons (Fsp3) is 0.240. The Bertz CT molecular complexity index is 1350. The minimum Gasteiger partial charge on any atom is -0.495 e. The summed E-state index contributed by atoms with van der Waals surface area (Å²) in [6, 6.07) is 15.8. The van der Waals surface area contributed by atoms with Gasteiger partial charge >= 0.3 is 0 Å². The molecule has 0 saturated carbocycles. The molecule has 0 radical (unpaired) electrons. The van der Waals surface area contributed by atoms with E-state index in [2.05, 4.69) is 22.2 Å². The Labute approximate surface area is 199 Å². The van der Waals surface area contributed by atoms with E-state index in [-0.39, 0.29) is 24.4 Å². The third-order valence-electron chi connectivity index (χ3n) is 5.25. The lowest BCUT2D eigenvalue weighted by molar-refractivity contribution is 0.0930. The third kappa shape index (κ3) is 6.33. The molecule has 0 aliphatic rings. The van der Waals surface area contributed by atoms with Gasteiger partial charge in [-0.25, -0.2) is 8.42 Å². The average Bonchev–Trinajstić information content (AvgIpc) is 2.84. The third-order valence-corrected chi connectivity index (χ3v) is 6.22. The maximum atomic E-state index is 12.8. The zero-order valence-electron chi connectivity index (χ0n) is 19.0. The van der Waals surface area contributed by atoms with Gasteiger partial charge in [-0.05, 0) is 41.6 Å². The number of anilines is 1. The summed E-state index contributed by atoms with van der Waals surface area (Å²) in [5.41, 5.74) is 2.02. The summed E-state index contributed by atoms with van der Waals surface area (Å²) >= 11 is 0. The lowest BCUT2D eigenvalue weighted by atomic mass is 9.98. The summed E-state index contributed by atoms with van der Waals surface area (Å²) in [5.74, 6) is 0.0952. The van der Waals surface area contributed by atoms with Crippen molar-refractivity contribution in [2.45, 2.75) is 12.5 Å². The number of methoxy groups -OCH3 is 1. The quantitative estimate of drug-likeness (QED) is 0.427. The molecule has 0 aliphatic heterocycles. The highest BCUT2D eigenvalue weighted by Crippen LogP contribution is 2.35. The molecule has 3 aromatic rings. The number of nitrogens with one attached hydrogen (secondary N) is 2. The van der Waals surface area contributed by atoms with Crippen molar-refractivity contribution in [1.82, 2.24) is 10.3 Å². The van der Waals surface area contributed by atoms with Crippen molar-refractivity contribution in [2.24, 2.45) is 0 Å². The Hall–Kier alpha value is -3.90. The summed E-state index contributed by atoms with van der Waals surface area (Å²) < 4.78 is 29.2. The molecule has 2 N–H and O–H groups in total. The van der Waals surface area contributed by atoms with Crippen molar-refractivity contribution in [3.05, 3.63) is 78.1 Å². The second-order valence-corrected chi connectivity index (χ2v) is 10.1. The van der Waals surface area contributed by atoms with Crippen LogP contribution in [0.2, 0.25) is 0 Å². The van der Waals surface area contributed by atoms with E-state index in [0.29, 0.717) is 17.0 Å². The standard InChI is InChI=1S/C25H26N4O4S/c1-17(15-26)16-28-24-20-14-19(8-7-18(20)9-10-23(24)33-2)21(11-13-34(3,31)32)29-25(30)22-6-4-5-12-27-22/h4-10,12,14,21,28H,1,11,13,16H2,2-3H3,(H,29,30). The minimum atomic E-state index is -3.25. The number of pyridine rings is 1. The van der Waals surface area contributed by atoms with Crippen molar-refractivity contribution in [1.29, 1.82) is 5.26 Å². The Kier molecular flexibility index (Phi) is 7.87. The highest BCUT2D eigenvalue weighted by molar-refractivity contribution is 7.90. The van der Waals surface area contributed by atoms with Crippen molar-refractivity contribution >= 4 is 32.2 Å². The monoisotopic (exact) mass is 478 g/mol. The number of hydrogen-bond donors (Lipinski definition) is 2. The number of hydrogen-bond acceptors (Lipinski definition) is 7. The van der Waals surface area contributed by atoms with Crippen LogP contribution in [0.3, 0.4) is 0 Å². The molecule has 176 valence electrons. The summed E-state index contributed by atoms with van der Waals surface area (Å²) in [7, 11) is -1.70. The largest absolute Gasteiger partial charge is 0.495 e. The number of ether oxygens (including phenoxy) is 1. The average molecular weight is 479 g/mol. The van der Waals surface area contributed by atoms with Gasteiger partial charge in [0, 0.05) is 30.0 Å². The first-order valence-electron chi connectivity index (χ1n) is 10.5. The van der Waals surface area contributed by atoms with Crippen LogP contribution in [0, 0.1) is 11.3 Å². The van der Waals surface area contributed by atoms with Gasteiger partial charge in [0.2, 0.25) is 0 Å². The normalized spacial score (nSPS) is 11.9. The number of nitriles is 1.